The Morgan fingerprint density at radius 3 is 2.77 bits per heavy atom. The number of carboxylic acid groups (broad SMARTS) is 1. The Morgan fingerprint density at radius 2 is 2.08 bits per heavy atom. The van der Waals surface area contributed by atoms with E-state index in [1.165, 1.54) is 29.7 Å². The van der Waals surface area contributed by atoms with Gasteiger partial charge in [-0.05, 0) is 43.4 Å². The maximum atomic E-state index is 12.9. The number of hydrogen-bond donors (Lipinski definition) is 1. The van der Waals surface area contributed by atoms with Gasteiger partial charge in [0, 0.05) is 25.4 Å². The van der Waals surface area contributed by atoms with Crippen LogP contribution in [0.2, 0.25) is 0 Å². The molecule has 0 radical (unpaired) electrons. The molecule has 0 spiro atoms. The van der Waals surface area contributed by atoms with Crippen molar-refractivity contribution in [3.63, 3.8) is 0 Å². The van der Waals surface area contributed by atoms with Crippen LogP contribution in [0.3, 0.4) is 0 Å². The maximum Gasteiger partial charge on any atom is 0.347 e. The molecule has 138 valence electrons. The third-order valence-electron chi connectivity index (χ3n) is 4.63. The van der Waals surface area contributed by atoms with Crippen molar-refractivity contribution in [2.24, 2.45) is 0 Å². The average molecular weight is 376 g/mol. The Labute approximate surface area is 155 Å². The highest BCUT2D eigenvalue weighted by atomic mass is 32.1. The second-order valence-electron chi connectivity index (χ2n) is 6.53. The molecule has 1 aliphatic rings. The normalized spacial score (nSPS) is 17.3. The number of carboxylic acids is 1. The summed E-state index contributed by atoms with van der Waals surface area (Å²) in [7, 11) is 0. The molecular weight excluding hydrogens is 355 g/mol. The van der Waals surface area contributed by atoms with E-state index < -0.39 is 5.97 Å². The monoisotopic (exact) mass is 376 g/mol. The fourth-order valence-corrected chi connectivity index (χ4v) is 4.12. The first kappa shape index (κ1) is 18.5. The van der Waals surface area contributed by atoms with Crippen LogP contribution >= 0.6 is 11.3 Å². The van der Waals surface area contributed by atoms with Crippen molar-refractivity contribution in [2.45, 2.75) is 38.0 Å². The summed E-state index contributed by atoms with van der Waals surface area (Å²) in [5, 5.41) is 9.83. The third kappa shape index (κ3) is 4.66. The molecule has 5 nitrogen and oxygen atoms in total. The molecule has 7 heteroatoms. The highest BCUT2D eigenvalue weighted by molar-refractivity contribution is 7.13. The molecule has 1 unspecified atom stereocenters. The van der Waals surface area contributed by atoms with Gasteiger partial charge in [-0.1, -0.05) is 12.1 Å². The SMILES string of the molecule is O=C(O)c1cnc(C2CCCN(C(=O)CCCc3ccc(F)cc3)C2)s1. The van der Waals surface area contributed by atoms with E-state index >= 15 is 0 Å². The van der Waals surface area contributed by atoms with Crippen LogP contribution in [-0.2, 0) is 11.2 Å². The van der Waals surface area contributed by atoms with Crippen LogP contribution in [0, 0.1) is 5.82 Å². The van der Waals surface area contributed by atoms with Crippen LogP contribution in [-0.4, -0.2) is 40.0 Å². The quantitative estimate of drug-likeness (QED) is 0.834. The van der Waals surface area contributed by atoms with Gasteiger partial charge in [-0.2, -0.15) is 0 Å². The molecule has 0 saturated carbocycles. The summed E-state index contributed by atoms with van der Waals surface area (Å²) in [5.41, 5.74) is 1.03. The van der Waals surface area contributed by atoms with Crippen molar-refractivity contribution in [1.29, 1.82) is 0 Å². The molecule has 26 heavy (non-hydrogen) atoms. The second-order valence-corrected chi connectivity index (χ2v) is 7.59. The van der Waals surface area contributed by atoms with Crippen molar-refractivity contribution < 1.29 is 19.1 Å². The van der Waals surface area contributed by atoms with Gasteiger partial charge in [-0.3, -0.25) is 4.79 Å². The number of piperidine rings is 1. The van der Waals surface area contributed by atoms with Gasteiger partial charge in [0.05, 0.1) is 11.2 Å². The lowest BCUT2D eigenvalue weighted by atomic mass is 9.98. The lowest BCUT2D eigenvalue weighted by Crippen LogP contribution is -2.39. The van der Waals surface area contributed by atoms with Gasteiger partial charge in [-0.15, -0.1) is 11.3 Å². The zero-order valence-corrected chi connectivity index (χ0v) is 15.2. The van der Waals surface area contributed by atoms with E-state index in [0.29, 0.717) is 13.0 Å². The molecule has 1 N–H and O–H groups in total. The van der Waals surface area contributed by atoms with Gasteiger partial charge < -0.3 is 10.0 Å². The van der Waals surface area contributed by atoms with Gasteiger partial charge in [0.15, 0.2) is 0 Å². The summed E-state index contributed by atoms with van der Waals surface area (Å²) in [6.07, 6.45) is 5.15. The predicted octanol–water partition coefficient (Wildman–Crippen LogP) is 3.71. The number of likely N-dealkylation sites (tertiary alicyclic amines) is 1. The third-order valence-corrected chi connectivity index (χ3v) is 5.77. The largest absolute Gasteiger partial charge is 0.477 e. The topological polar surface area (TPSA) is 70.5 Å². The second kappa shape index (κ2) is 8.40. The number of carbonyl (C=O) groups is 2. The summed E-state index contributed by atoms with van der Waals surface area (Å²) in [6, 6.07) is 6.37. The number of carbonyl (C=O) groups excluding carboxylic acids is 1. The molecule has 2 heterocycles. The Bertz CT molecular complexity index is 775. The number of amides is 1. The molecule has 1 atom stereocenters. The average Bonchev–Trinajstić information content (AvgIpc) is 3.14. The Kier molecular flexibility index (Phi) is 5.98. The van der Waals surface area contributed by atoms with E-state index in [4.69, 9.17) is 5.11 Å². The summed E-state index contributed by atoms with van der Waals surface area (Å²) >= 11 is 1.20. The number of halogens is 1. The van der Waals surface area contributed by atoms with Crippen LogP contribution in [0.1, 0.15) is 51.8 Å². The standard InChI is InChI=1S/C19H21FN2O3S/c20-15-8-6-13(7-9-15)3-1-5-17(23)22-10-2-4-14(12-22)18-21-11-16(26-18)19(24)25/h6-9,11,14H,1-5,10,12H2,(H,24,25). The molecule has 1 saturated heterocycles. The molecule has 1 aliphatic heterocycles. The van der Waals surface area contributed by atoms with Crippen molar-refractivity contribution >= 4 is 23.2 Å². The highest BCUT2D eigenvalue weighted by Gasteiger charge is 2.27. The van der Waals surface area contributed by atoms with Crippen LogP contribution in [0.5, 0.6) is 0 Å². The van der Waals surface area contributed by atoms with Crippen molar-refractivity contribution in [3.05, 3.63) is 51.7 Å². The van der Waals surface area contributed by atoms with E-state index in [9.17, 15) is 14.0 Å². The predicted molar refractivity (Wildman–Crippen MR) is 97.0 cm³/mol. The molecule has 3 rings (SSSR count). The fourth-order valence-electron chi connectivity index (χ4n) is 3.23. The van der Waals surface area contributed by atoms with Gasteiger partial charge >= 0.3 is 5.97 Å². The number of aromatic nitrogens is 1. The van der Waals surface area contributed by atoms with Crippen LogP contribution in [0.4, 0.5) is 4.39 Å². The molecule has 1 aromatic carbocycles. The fraction of sp³-hybridized carbons (Fsp3) is 0.421. The van der Waals surface area contributed by atoms with Gasteiger partial charge in [-0.25, -0.2) is 14.2 Å². The van der Waals surface area contributed by atoms with Crippen molar-refractivity contribution in [2.75, 3.05) is 13.1 Å². The zero-order chi connectivity index (χ0) is 18.5. The number of rotatable bonds is 6. The summed E-state index contributed by atoms with van der Waals surface area (Å²) in [4.78, 5) is 29.8. The minimum atomic E-state index is -0.960. The number of aromatic carboxylic acids is 1. The first-order valence-electron chi connectivity index (χ1n) is 8.74. The number of benzene rings is 1. The summed E-state index contributed by atoms with van der Waals surface area (Å²) in [5.74, 6) is -0.981. The molecule has 0 aliphatic carbocycles. The van der Waals surface area contributed by atoms with E-state index in [-0.39, 0.29) is 22.5 Å². The van der Waals surface area contributed by atoms with Gasteiger partial charge in [0.1, 0.15) is 10.7 Å². The number of thiazole rings is 1. The Hall–Kier alpha value is -2.28. The van der Waals surface area contributed by atoms with Crippen LogP contribution < -0.4 is 0 Å². The minimum absolute atomic E-state index is 0.114. The van der Waals surface area contributed by atoms with E-state index in [0.717, 1.165) is 42.8 Å². The number of nitrogens with zero attached hydrogens (tertiary/aromatic N) is 2. The lowest BCUT2D eigenvalue weighted by molar-refractivity contribution is -0.132. The maximum absolute atomic E-state index is 12.9. The van der Waals surface area contributed by atoms with Crippen LogP contribution in [0.25, 0.3) is 0 Å². The first-order chi connectivity index (χ1) is 12.5. The Balaban J connectivity index is 1.50. The lowest BCUT2D eigenvalue weighted by Gasteiger charge is -2.32. The highest BCUT2D eigenvalue weighted by Crippen LogP contribution is 2.30. The molecule has 1 fully saturated rings. The van der Waals surface area contributed by atoms with E-state index in [1.807, 2.05) is 4.90 Å². The van der Waals surface area contributed by atoms with Crippen LogP contribution in [0.15, 0.2) is 30.5 Å². The van der Waals surface area contributed by atoms with Gasteiger partial charge in [0.25, 0.3) is 0 Å². The van der Waals surface area contributed by atoms with E-state index in [2.05, 4.69) is 4.98 Å². The van der Waals surface area contributed by atoms with Gasteiger partial charge in [0.2, 0.25) is 5.91 Å². The summed E-state index contributed by atoms with van der Waals surface area (Å²) < 4.78 is 12.9. The first-order valence-corrected chi connectivity index (χ1v) is 9.56. The molecule has 1 amide bonds. The minimum Gasteiger partial charge on any atom is -0.477 e. The molecule has 0 bridgehead atoms. The molecule has 1 aromatic heterocycles. The van der Waals surface area contributed by atoms with Crippen molar-refractivity contribution in [1.82, 2.24) is 9.88 Å². The van der Waals surface area contributed by atoms with E-state index in [1.54, 1.807) is 12.1 Å². The number of hydrogen-bond acceptors (Lipinski definition) is 4. The Morgan fingerprint density at radius 1 is 1.31 bits per heavy atom. The zero-order valence-electron chi connectivity index (χ0n) is 14.4. The molecular formula is C19H21FN2O3S. The summed E-state index contributed by atoms with van der Waals surface area (Å²) in [6.45, 7) is 1.34. The molecule has 2 aromatic rings. The number of aryl methyl sites for hydroxylation is 1. The smallest absolute Gasteiger partial charge is 0.347 e. The van der Waals surface area contributed by atoms with Crippen molar-refractivity contribution in [3.8, 4) is 0 Å².